The van der Waals surface area contributed by atoms with E-state index < -0.39 is 6.10 Å². The highest BCUT2D eigenvalue weighted by Crippen LogP contribution is 2.19. The van der Waals surface area contributed by atoms with Gasteiger partial charge in [-0.05, 0) is 60.1 Å². The molecule has 2 aromatic carbocycles. The van der Waals surface area contributed by atoms with Crippen molar-refractivity contribution in [3.8, 4) is 0 Å². The second kappa shape index (κ2) is 8.57. The molecule has 0 aromatic heterocycles. The SMILES string of the molecule is CC(=O)c1ccc(CC(C)NC[C@H](O)c2ccccc2I)cc1. The molecule has 2 N–H and O–H groups in total. The zero-order valence-corrected chi connectivity index (χ0v) is 15.6. The molecule has 0 heterocycles. The number of carbonyl (C=O) groups excluding carboxylic acids is 1. The van der Waals surface area contributed by atoms with Crippen LogP contribution in [-0.4, -0.2) is 23.5 Å². The molecule has 0 amide bonds. The molecule has 2 aromatic rings. The first-order chi connectivity index (χ1) is 11.0. The topological polar surface area (TPSA) is 49.3 Å². The Bertz CT molecular complexity index is 655. The largest absolute Gasteiger partial charge is 0.387 e. The lowest BCUT2D eigenvalue weighted by molar-refractivity contribution is 0.101. The van der Waals surface area contributed by atoms with Gasteiger partial charge in [0.1, 0.15) is 0 Å². The lowest BCUT2D eigenvalue weighted by Gasteiger charge is -2.18. The maximum absolute atomic E-state index is 11.3. The maximum Gasteiger partial charge on any atom is 0.159 e. The summed E-state index contributed by atoms with van der Waals surface area (Å²) < 4.78 is 1.08. The second-order valence-electron chi connectivity index (χ2n) is 5.80. The minimum atomic E-state index is -0.509. The smallest absolute Gasteiger partial charge is 0.159 e. The van der Waals surface area contributed by atoms with E-state index in [4.69, 9.17) is 0 Å². The van der Waals surface area contributed by atoms with E-state index in [9.17, 15) is 9.90 Å². The number of nitrogens with one attached hydrogen (secondary N) is 1. The van der Waals surface area contributed by atoms with Gasteiger partial charge in [0.2, 0.25) is 0 Å². The van der Waals surface area contributed by atoms with Crippen molar-refractivity contribution in [1.29, 1.82) is 0 Å². The Morgan fingerprint density at radius 3 is 2.43 bits per heavy atom. The van der Waals surface area contributed by atoms with E-state index in [1.54, 1.807) is 6.92 Å². The van der Waals surface area contributed by atoms with Crippen LogP contribution in [-0.2, 0) is 6.42 Å². The normalized spacial score (nSPS) is 13.6. The molecule has 3 nitrogen and oxygen atoms in total. The van der Waals surface area contributed by atoms with Crippen molar-refractivity contribution < 1.29 is 9.90 Å². The first-order valence-electron chi connectivity index (χ1n) is 7.73. The average molecular weight is 423 g/mol. The Morgan fingerprint density at radius 1 is 1.17 bits per heavy atom. The van der Waals surface area contributed by atoms with Gasteiger partial charge in [-0.15, -0.1) is 0 Å². The van der Waals surface area contributed by atoms with Crippen LogP contribution >= 0.6 is 22.6 Å². The van der Waals surface area contributed by atoms with Crippen molar-refractivity contribution in [2.75, 3.05) is 6.54 Å². The van der Waals surface area contributed by atoms with Gasteiger partial charge in [0.25, 0.3) is 0 Å². The fraction of sp³-hybridized carbons (Fsp3) is 0.316. The van der Waals surface area contributed by atoms with E-state index in [1.165, 1.54) is 5.56 Å². The van der Waals surface area contributed by atoms with Crippen molar-refractivity contribution in [3.63, 3.8) is 0 Å². The molecule has 0 aliphatic heterocycles. The molecular formula is C19H22INO2. The third-order valence-electron chi connectivity index (χ3n) is 3.83. The van der Waals surface area contributed by atoms with E-state index >= 15 is 0 Å². The average Bonchev–Trinajstić information content (AvgIpc) is 2.53. The zero-order chi connectivity index (χ0) is 16.8. The van der Waals surface area contributed by atoms with Crippen molar-refractivity contribution >= 4 is 28.4 Å². The number of Topliss-reactive ketones (excluding diaryl/α,β-unsaturated/α-hetero) is 1. The number of hydrogen-bond acceptors (Lipinski definition) is 3. The number of benzene rings is 2. The number of aliphatic hydroxyl groups excluding tert-OH is 1. The summed E-state index contributed by atoms with van der Waals surface area (Å²) in [6.45, 7) is 4.19. The lowest BCUT2D eigenvalue weighted by atomic mass is 10.0. The summed E-state index contributed by atoms with van der Waals surface area (Å²) in [4.78, 5) is 11.3. The van der Waals surface area contributed by atoms with E-state index in [2.05, 4.69) is 34.8 Å². The number of hydrogen-bond donors (Lipinski definition) is 2. The molecule has 0 bridgehead atoms. The van der Waals surface area contributed by atoms with Gasteiger partial charge in [-0.2, -0.15) is 0 Å². The van der Waals surface area contributed by atoms with Crippen LogP contribution in [0, 0.1) is 3.57 Å². The zero-order valence-electron chi connectivity index (χ0n) is 13.4. The van der Waals surface area contributed by atoms with Gasteiger partial charge < -0.3 is 10.4 Å². The Balaban J connectivity index is 1.86. The number of ketones is 1. The van der Waals surface area contributed by atoms with Gasteiger partial charge in [-0.25, -0.2) is 0 Å². The van der Waals surface area contributed by atoms with Crippen molar-refractivity contribution in [1.82, 2.24) is 5.32 Å². The minimum absolute atomic E-state index is 0.0864. The molecule has 0 aliphatic rings. The highest BCUT2D eigenvalue weighted by atomic mass is 127. The molecule has 0 fully saturated rings. The van der Waals surface area contributed by atoms with Crippen LogP contribution in [0.15, 0.2) is 48.5 Å². The standard InChI is InChI=1S/C19H22INO2/c1-13(11-15-7-9-16(10-8-15)14(2)22)21-12-19(23)17-5-3-4-6-18(17)20/h3-10,13,19,21,23H,11-12H2,1-2H3/t13?,19-/m0/s1. The lowest BCUT2D eigenvalue weighted by Crippen LogP contribution is -2.32. The van der Waals surface area contributed by atoms with Crippen LogP contribution in [0.25, 0.3) is 0 Å². The van der Waals surface area contributed by atoms with E-state index in [1.807, 2.05) is 48.5 Å². The highest BCUT2D eigenvalue weighted by Gasteiger charge is 2.12. The summed E-state index contributed by atoms with van der Waals surface area (Å²) in [5.74, 6) is 0.0864. The van der Waals surface area contributed by atoms with Crippen LogP contribution in [0.1, 0.15) is 41.4 Å². The Hall–Kier alpha value is -1.24. The Kier molecular flexibility index (Phi) is 6.74. The van der Waals surface area contributed by atoms with Gasteiger partial charge >= 0.3 is 0 Å². The number of halogens is 1. The van der Waals surface area contributed by atoms with E-state index in [-0.39, 0.29) is 11.8 Å². The predicted octanol–water partition coefficient (Wildman–Crippen LogP) is 3.75. The summed E-state index contributed by atoms with van der Waals surface area (Å²) in [5.41, 5.74) is 2.88. The highest BCUT2D eigenvalue weighted by molar-refractivity contribution is 14.1. The van der Waals surface area contributed by atoms with Crippen LogP contribution in [0.4, 0.5) is 0 Å². The minimum Gasteiger partial charge on any atom is -0.387 e. The van der Waals surface area contributed by atoms with Crippen LogP contribution in [0.3, 0.4) is 0 Å². The van der Waals surface area contributed by atoms with Crippen LogP contribution in [0.5, 0.6) is 0 Å². The monoisotopic (exact) mass is 423 g/mol. The molecule has 0 saturated heterocycles. The Labute approximate surface area is 151 Å². The first-order valence-corrected chi connectivity index (χ1v) is 8.81. The summed E-state index contributed by atoms with van der Waals surface area (Å²) in [6, 6.07) is 15.8. The summed E-state index contributed by atoms with van der Waals surface area (Å²) in [6.07, 6.45) is 0.349. The van der Waals surface area contributed by atoms with E-state index in [0.717, 1.165) is 21.1 Å². The van der Waals surface area contributed by atoms with Gasteiger partial charge in [0.05, 0.1) is 6.10 Å². The molecule has 0 saturated carbocycles. The first kappa shape index (κ1) is 18.1. The predicted molar refractivity (Wildman–Crippen MR) is 102 cm³/mol. The molecule has 2 atom stereocenters. The molecule has 23 heavy (non-hydrogen) atoms. The maximum atomic E-state index is 11.3. The van der Waals surface area contributed by atoms with Crippen LogP contribution in [0.2, 0.25) is 0 Å². The third-order valence-corrected chi connectivity index (χ3v) is 4.81. The molecule has 1 unspecified atom stereocenters. The van der Waals surface area contributed by atoms with Crippen LogP contribution < -0.4 is 5.32 Å². The fourth-order valence-electron chi connectivity index (χ4n) is 2.47. The summed E-state index contributed by atoms with van der Waals surface area (Å²) >= 11 is 2.24. The van der Waals surface area contributed by atoms with Gasteiger partial charge in [0.15, 0.2) is 5.78 Å². The summed E-state index contributed by atoms with van der Waals surface area (Å²) in [5, 5.41) is 13.7. The van der Waals surface area contributed by atoms with Crippen molar-refractivity contribution in [3.05, 3.63) is 68.8 Å². The molecule has 0 spiro atoms. The van der Waals surface area contributed by atoms with E-state index in [0.29, 0.717) is 6.54 Å². The van der Waals surface area contributed by atoms with Crippen molar-refractivity contribution in [2.24, 2.45) is 0 Å². The molecule has 2 rings (SSSR count). The van der Waals surface area contributed by atoms with Gasteiger partial charge in [-0.1, -0.05) is 42.5 Å². The van der Waals surface area contributed by atoms with Crippen molar-refractivity contribution in [2.45, 2.75) is 32.4 Å². The molecule has 4 heteroatoms. The molecule has 0 radical (unpaired) electrons. The molecular weight excluding hydrogens is 401 g/mol. The number of rotatable bonds is 7. The molecule has 122 valence electrons. The Morgan fingerprint density at radius 2 is 1.83 bits per heavy atom. The second-order valence-corrected chi connectivity index (χ2v) is 6.97. The number of aliphatic hydroxyl groups is 1. The third kappa shape index (κ3) is 5.41. The summed E-state index contributed by atoms with van der Waals surface area (Å²) in [7, 11) is 0. The quantitative estimate of drug-likeness (QED) is 0.527. The number of carbonyl (C=O) groups is 1. The molecule has 0 aliphatic carbocycles. The fourth-order valence-corrected chi connectivity index (χ4v) is 3.22. The van der Waals surface area contributed by atoms with Gasteiger partial charge in [-0.3, -0.25) is 4.79 Å². The van der Waals surface area contributed by atoms with Gasteiger partial charge in [0, 0.05) is 21.7 Å².